The largest absolute Gasteiger partial charge is 0.507 e. The number of phenolic OH excluding ortho intramolecular Hbond substituents is 1. The molecule has 0 atom stereocenters. The molecule has 0 aromatic heterocycles. The lowest BCUT2D eigenvalue weighted by atomic mass is 9.72. The fourth-order valence-electron chi connectivity index (χ4n) is 2.14. The molecular formula is C12H17NOS. The van der Waals surface area contributed by atoms with E-state index in [1.807, 2.05) is 19.2 Å². The van der Waals surface area contributed by atoms with Crippen LogP contribution in [0.15, 0.2) is 17.0 Å². The molecule has 0 saturated heterocycles. The molecule has 1 aliphatic rings. The Hall–Kier alpha value is -0.670. The van der Waals surface area contributed by atoms with Crippen LogP contribution in [0.1, 0.15) is 30.4 Å². The van der Waals surface area contributed by atoms with Gasteiger partial charge in [0.05, 0.1) is 0 Å². The van der Waals surface area contributed by atoms with Gasteiger partial charge in [-0.05, 0) is 44.1 Å². The summed E-state index contributed by atoms with van der Waals surface area (Å²) in [5.74, 6) is 0.393. The second kappa shape index (κ2) is 3.72. The van der Waals surface area contributed by atoms with Crippen LogP contribution in [0.25, 0.3) is 0 Å². The van der Waals surface area contributed by atoms with Gasteiger partial charge in [-0.1, -0.05) is 6.07 Å². The fourth-order valence-corrected chi connectivity index (χ4v) is 2.84. The highest BCUT2D eigenvalue weighted by Crippen LogP contribution is 2.47. The van der Waals surface area contributed by atoms with Crippen molar-refractivity contribution in [2.75, 3.05) is 6.26 Å². The second-order valence-electron chi connectivity index (χ2n) is 4.32. The monoisotopic (exact) mass is 223 g/mol. The van der Waals surface area contributed by atoms with Gasteiger partial charge in [-0.25, -0.2) is 0 Å². The van der Waals surface area contributed by atoms with Crippen LogP contribution >= 0.6 is 11.8 Å². The van der Waals surface area contributed by atoms with Gasteiger partial charge in [-0.3, -0.25) is 0 Å². The molecule has 0 heterocycles. The summed E-state index contributed by atoms with van der Waals surface area (Å²) >= 11 is 1.65. The molecule has 1 aromatic carbocycles. The smallest absolute Gasteiger partial charge is 0.124 e. The van der Waals surface area contributed by atoms with Gasteiger partial charge in [-0.15, -0.1) is 11.8 Å². The Morgan fingerprint density at radius 3 is 2.53 bits per heavy atom. The average molecular weight is 223 g/mol. The van der Waals surface area contributed by atoms with Crippen molar-refractivity contribution in [3.8, 4) is 5.75 Å². The van der Waals surface area contributed by atoms with Crippen LogP contribution < -0.4 is 5.73 Å². The molecule has 3 heteroatoms. The van der Waals surface area contributed by atoms with Crippen molar-refractivity contribution in [2.45, 2.75) is 36.6 Å². The number of hydrogen-bond acceptors (Lipinski definition) is 3. The highest BCUT2D eigenvalue weighted by molar-refractivity contribution is 7.98. The van der Waals surface area contributed by atoms with Crippen molar-refractivity contribution in [2.24, 2.45) is 5.73 Å². The molecule has 0 bridgehead atoms. The topological polar surface area (TPSA) is 46.2 Å². The molecular weight excluding hydrogens is 206 g/mol. The van der Waals surface area contributed by atoms with E-state index in [1.54, 1.807) is 11.8 Å². The van der Waals surface area contributed by atoms with Crippen molar-refractivity contribution < 1.29 is 5.11 Å². The molecule has 2 nitrogen and oxygen atoms in total. The molecule has 1 fully saturated rings. The summed E-state index contributed by atoms with van der Waals surface area (Å²) in [5, 5.41) is 10.1. The fraction of sp³-hybridized carbons (Fsp3) is 0.500. The van der Waals surface area contributed by atoms with Crippen LogP contribution in [0.5, 0.6) is 5.75 Å². The van der Waals surface area contributed by atoms with E-state index >= 15 is 0 Å². The van der Waals surface area contributed by atoms with Crippen LogP contribution in [-0.4, -0.2) is 11.4 Å². The number of aromatic hydroxyl groups is 1. The Morgan fingerprint density at radius 1 is 1.40 bits per heavy atom. The molecule has 2 rings (SSSR count). The standard InChI is InChI=1S/C12H17NOS/c1-8-4-5-9(15-2)10(11(8)14)12(13)6-3-7-12/h4-5,14H,3,6-7,13H2,1-2H3. The third kappa shape index (κ3) is 1.64. The van der Waals surface area contributed by atoms with Crippen LogP contribution in [0.2, 0.25) is 0 Å². The molecule has 0 unspecified atom stereocenters. The summed E-state index contributed by atoms with van der Waals surface area (Å²) in [4.78, 5) is 1.11. The van der Waals surface area contributed by atoms with E-state index in [2.05, 4.69) is 6.07 Å². The minimum atomic E-state index is -0.283. The predicted octanol–water partition coefficient (Wildman–Crippen LogP) is 2.76. The lowest BCUT2D eigenvalue weighted by Gasteiger charge is -2.40. The molecule has 15 heavy (non-hydrogen) atoms. The van der Waals surface area contributed by atoms with Crippen molar-refractivity contribution in [1.82, 2.24) is 0 Å². The number of hydrogen-bond donors (Lipinski definition) is 2. The van der Waals surface area contributed by atoms with Gasteiger partial charge >= 0.3 is 0 Å². The maximum absolute atomic E-state index is 10.1. The molecule has 1 aromatic rings. The summed E-state index contributed by atoms with van der Waals surface area (Å²) in [6, 6.07) is 4.01. The van der Waals surface area contributed by atoms with Crippen LogP contribution in [0.4, 0.5) is 0 Å². The SMILES string of the molecule is CSc1ccc(C)c(O)c1C1(N)CCC1. The first-order valence-corrected chi connectivity index (χ1v) is 6.47. The summed E-state index contributed by atoms with van der Waals surface area (Å²) < 4.78 is 0. The highest BCUT2D eigenvalue weighted by atomic mass is 32.2. The maximum atomic E-state index is 10.1. The normalized spacial score (nSPS) is 18.6. The third-order valence-corrected chi connectivity index (χ3v) is 4.09. The van der Waals surface area contributed by atoms with E-state index in [-0.39, 0.29) is 5.54 Å². The van der Waals surface area contributed by atoms with E-state index in [9.17, 15) is 5.11 Å². The minimum Gasteiger partial charge on any atom is -0.507 e. The molecule has 1 saturated carbocycles. The van der Waals surface area contributed by atoms with E-state index < -0.39 is 0 Å². The van der Waals surface area contributed by atoms with Crippen LogP contribution in [0, 0.1) is 6.92 Å². The van der Waals surface area contributed by atoms with E-state index in [1.165, 1.54) is 0 Å². The average Bonchev–Trinajstić information content (AvgIpc) is 2.18. The first-order valence-electron chi connectivity index (χ1n) is 5.24. The van der Waals surface area contributed by atoms with Gasteiger partial charge < -0.3 is 10.8 Å². The van der Waals surface area contributed by atoms with Crippen molar-refractivity contribution in [3.63, 3.8) is 0 Å². The number of phenols is 1. The Morgan fingerprint density at radius 2 is 2.07 bits per heavy atom. The Bertz CT molecular complexity index is 385. The van der Waals surface area contributed by atoms with Gasteiger partial charge in [-0.2, -0.15) is 0 Å². The summed E-state index contributed by atoms with van der Waals surface area (Å²) in [6.07, 6.45) is 5.16. The lowest BCUT2D eigenvalue weighted by molar-refractivity contribution is 0.240. The van der Waals surface area contributed by atoms with E-state index in [0.717, 1.165) is 35.3 Å². The number of nitrogens with two attached hydrogens (primary N) is 1. The first kappa shape index (κ1) is 10.8. The molecule has 82 valence electrons. The Kier molecular flexibility index (Phi) is 2.69. The second-order valence-corrected chi connectivity index (χ2v) is 5.17. The summed E-state index contributed by atoms with van der Waals surface area (Å²) in [5.41, 5.74) is 7.89. The Labute approximate surface area is 94.9 Å². The number of benzene rings is 1. The molecule has 1 aliphatic carbocycles. The lowest BCUT2D eigenvalue weighted by Crippen LogP contribution is -2.43. The molecule has 3 N–H and O–H groups in total. The Balaban J connectivity index is 2.56. The van der Waals surface area contributed by atoms with Gasteiger partial charge in [0, 0.05) is 16.0 Å². The molecule has 0 aliphatic heterocycles. The van der Waals surface area contributed by atoms with Crippen molar-refractivity contribution in [1.29, 1.82) is 0 Å². The quantitative estimate of drug-likeness (QED) is 0.758. The van der Waals surface area contributed by atoms with Crippen LogP contribution in [0.3, 0.4) is 0 Å². The first-order chi connectivity index (χ1) is 7.08. The number of aryl methyl sites for hydroxylation is 1. The zero-order valence-corrected chi connectivity index (χ0v) is 10.0. The zero-order valence-electron chi connectivity index (χ0n) is 9.21. The van der Waals surface area contributed by atoms with Crippen molar-refractivity contribution in [3.05, 3.63) is 23.3 Å². The number of thioether (sulfide) groups is 1. The summed E-state index contributed by atoms with van der Waals surface area (Å²) in [7, 11) is 0. The van der Waals surface area contributed by atoms with Gasteiger partial charge in [0.15, 0.2) is 0 Å². The van der Waals surface area contributed by atoms with Crippen LogP contribution in [-0.2, 0) is 5.54 Å². The molecule has 0 spiro atoms. The minimum absolute atomic E-state index is 0.283. The van der Waals surface area contributed by atoms with Crippen molar-refractivity contribution >= 4 is 11.8 Å². The van der Waals surface area contributed by atoms with Gasteiger partial charge in [0.2, 0.25) is 0 Å². The molecule has 0 amide bonds. The predicted molar refractivity (Wildman–Crippen MR) is 64.3 cm³/mol. The molecule has 0 radical (unpaired) electrons. The van der Waals surface area contributed by atoms with Gasteiger partial charge in [0.1, 0.15) is 5.75 Å². The van der Waals surface area contributed by atoms with E-state index in [0.29, 0.717) is 5.75 Å². The number of rotatable bonds is 2. The van der Waals surface area contributed by atoms with E-state index in [4.69, 9.17) is 5.73 Å². The summed E-state index contributed by atoms with van der Waals surface area (Å²) in [6.45, 7) is 1.92. The van der Waals surface area contributed by atoms with Gasteiger partial charge in [0.25, 0.3) is 0 Å². The highest BCUT2D eigenvalue weighted by Gasteiger charge is 2.38. The maximum Gasteiger partial charge on any atom is 0.124 e. The zero-order chi connectivity index (χ0) is 11.1. The third-order valence-electron chi connectivity index (χ3n) is 3.31.